The normalized spacial score (nSPS) is 30.1. The van der Waals surface area contributed by atoms with E-state index in [2.05, 4.69) is 5.32 Å². The van der Waals surface area contributed by atoms with Crippen molar-refractivity contribution < 1.29 is 72.6 Å². The standard InChI is InChI=1S/C19H27NO9.C14H23N3O6/c1-9(2)7-10(20)13(22)18-14-12(11(8-21)25-16(3,4)27-14)26-19(18,15(23)24)29-17(5,6)28-18;1-7(2)11(16-12(20)8(15)6-10(18)19)13(21)17-5-3-4-9(17)14(22)23/h9-10,12,14H,7,20H2,1-6H3,(H,23,24);7-9,11H,3-6,15H2,1-2H3,(H,16,20)(H,18,19)(H,22,23)/t10-,12-,14+,18-,19-;8-,9-,11-/m00/s1. The van der Waals surface area contributed by atoms with Crippen molar-refractivity contribution >= 4 is 41.4 Å². The topological polar surface area (TPSA) is 294 Å². The number of likely N-dealkylation sites (tertiary alicyclic amines) is 1. The van der Waals surface area contributed by atoms with E-state index in [9.17, 15) is 38.7 Å². The van der Waals surface area contributed by atoms with Crippen LogP contribution in [0.25, 0.3) is 0 Å². The molecular formula is C33H50N4O15. The third-order valence-electron chi connectivity index (χ3n) is 8.87. The summed E-state index contributed by atoms with van der Waals surface area (Å²) in [5.41, 5.74) is 9.37. The molecule has 0 aromatic heterocycles. The Kier molecular flexibility index (Phi) is 12.7. The van der Waals surface area contributed by atoms with Crippen LogP contribution < -0.4 is 16.8 Å². The largest absolute Gasteiger partial charge is 0.481 e. The number of amides is 2. The highest BCUT2D eigenvalue weighted by Gasteiger charge is 2.84. The Bertz CT molecular complexity index is 1490. The summed E-state index contributed by atoms with van der Waals surface area (Å²) in [6.45, 7) is 13.4. The maximum absolute atomic E-state index is 13.6. The molecule has 0 spiro atoms. The Labute approximate surface area is 300 Å². The summed E-state index contributed by atoms with van der Waals surface area (Å²) in [5, 5.41) is 30.3. The first-order valence-electron chi connectivity index (χ1n) is 16.9. The Balaban J connectivity index is 0.000000289. The number of rotatable bonds is 12. The monoisotopic (exact) mass is 742 g/mol. The van der Waals surface area contributed by atoms with Gasteiger partial charge in [-0.3, -0.25) is 19.2 Å². The molecule has 8 N–H and O–H groups in total. The summed E-state index contributed by atoms with van der Waals surface area (Å²) in [5.74, 6) is -10.3. The van der Waals surface area contributed by atoms with E-state index in [4.69, 9.17) is 45.4 Å². The number of Topliss-reactive ketones (excluding diaryl/α,β-unsaturated/α-hetero) is 1. The van der Waals surface area contributed by atoms with Crippen LogP contribution in [0.15, 0.2) is 5.76 Å². The summed E-state index contributed by atoms with van der Waals surface area (Å²) in [6, 6.07) is -4.18. The fourth-order valence-corrected chi connectivity index (χ4v) is 6.79. The number of aliphatic carboxylic acids is 3. The lowest BCUT2D eigenvalue weighted by Crippen LogP contribution is -2.68. The van der Waals surface area contributed by atoms with Gasteiger partial charge in [0.25, 0.3) is 0 Å². The number of fused-ring (bicyclic) bond motifs is 3. The van der Waals surface area contributed by atoms with Crippen LogP contribution in [0.2, 0.25) is 0 Å². The van der Waals surface area contributed by atoms with Crippen LogP contribution in [-0.2, 0) is 57.2 Å². The van der Waals surface area contributed by atoms with Crippen molar-refractivity contribution in [3.63, 3.8) is 0 Å². The highest BCUT2D eigenvalue weighted by atomic mass is 16.9. The van der Waals surface area contributed by atoms with Crippen LogP contribution >= 0.6 is 0 Å². The SMILES string of the molecule is CC(C)C[C@H](N)C(=O)[C@@]12OC(C)(C)O[C@]1(C(=O)O)O[C@H]1C(=C=O)OC(C)(C)O[C@H]12.CC(C)[C@H](NC(=O)[C@@H](N)CC(=O)O)C(=O)N1CCC[C@H]1C(=O)O. The number of ether oxygens (including phenoxy) is 5. The number of nitrogens with one attached hydrogen (secondary N) is 1. The summed E-state index contributed by atoms with van der Waals surface area (Å²) in [6.07, 6.45) is -2.05. The fraction of sp³-hybridized carbons (Fsp3) is 0.758. The predicted octanol–water partition coefficient (Wildman–Crippen LogP) is -0.498. The van der Waals surface area contributed by atoms with E-state index < -0.39 is 101 Å². The number of carbonyl (C=O) groups excluding carboxylic acids is 4. The molecule has 0 aliphatic carbocycles. The van der Waals surface area contributed by atoms with E-state index in [0.29, 0.717) is 19.4 Å². The van der Waals surface area contributed by atoms with Crippen molar-refractivity contribution in [3.8, 4) is 0 Å². The molecule has 4 heterocycles. The van der Waals surface area contributed by atoms with Crippen LogP contribution in [0.3, 0.4) is 0 Å². The molecule has 52 heavy (non-hydrogen) atoms. The van der Waals surface area contributed by atoms with Gasteiger partial charge in [-0.15, -0.1) is 0 Å². The van der Waals surface area contributed by atoms with Crippen LogP contribution in [0, 0.1) is 11.8 Å². The van der Waals surface area contributed by atoms with Crippen LogP contribution in [0.1, 0.15) is 81.1 Å². The van der Waals surface area contributed by atoms with Crippen molar-refractivity contribution in [2.75, 3.05) is 6.54 Å². The van der Waals surface area contributed by atoms with E-state index in [1.165, 1.54) is 32.6 Å². The zero-order chi connectivity index (χ0) is 39.7. The molecule has 4 aliphatic heterocycles. The van der Waals surface area contributed by atoms with Crippen LogP contribution in [-0.4, -0.2) is 128 Å². The third-order valence-corrected chi connectivity index (χ3v) is 8.87. The van der Waals surface area contributed by atoms with Crippen LogP contribution in [0.5, 0.6) is 0 Å². The smallest absolute Gasteiger partial charge is 0.368 e. The number of hydrogen-bond acceptors (Lipinski definition) is 14. The average molecular weight is 743 g/mol. The van der Waals surface area contributed by atoms with E-state index >= 15 is 0 Å². The van der Waals surface area contributed by atoms with Gasteiger partial charge < -0.3 is 60.7 Å². The number of nitrogens with zero attached hydrogens (tertiary/aromatic N) is 1. The van der Waals surface area contributed by atoms with Crippen molar-refractivity contribution in [1.29, 1.82) is 0 Å². The van der Waals surface area contributed by atoms with E-state index in [-0.39, 0.29) is 24.0 Å². The predicted molar refractivity (Wildman–Crippen MR) is 175 cm³/mol. The Morgan fingerprint density at radius 1 is 0.942 bits per heavy atom. The minimum absolute atomic E-state index is 0.0514. The Morgan fingerprint density at radius 3 is 2.06 bits per heavy atom. The zero-order valence-corrected chi connectivity index (χ0v) is 30.5. The lowest BCUT2D eigenvalue weighted by Gasteiger charge is -2.43. The third kappa shape index (κ3) is 8.30. The lowest BCUT2D eigenvalue weighted by molar-refractivity contribution is -0.307. The molecule has 19 nitrogen and oxygen atoms in total. The van der Waals surface area contributed by atoms with Gasteiger partial charge in [0.1, 0.15) is 18.2 Å². The van der Waals surface area contributed by atoms with Gasteiger partial charge in [0.05, 0.1) is 18.5 Å². The maximum Gasteiger partial charge on any atom is 0.368 e. The summed E-state index contributed by atoms with van der Waals surface area (Å²) < 4.78 is 28.6. The van der Waals surface area contributed by atoms with Gasteiger partial charge in [-0.1, -0.05) is 27.7 Å². The van der Waals surface area contributed by atoms with Crippen molar-refractivity contribution in [1.82, 2.24) is 10.2 Å². The molecule has 4 aliphatic rings. The molecule has 0 aromatic rings. The second-order valence-corrected chi connectivity index (χ2v) is 14.9. The molecule has 4 rings (SSSR count). The highest BCUT2D eigenvalue weighted by molar-refractivity contribution is 6.00. The number of carbonyl (C=O) groups is 6. The molecule has 0 bridgehead atoms. The number of nitrogens with two attached hydrogens (primary N) is 2. The number of carboxylic acids is 3. The lowest BCUT2D eigenvalue weighted by atomic mass is 9.78. The maximum atomic E-state index is 13.6. The van der Waals surface area contributed by atoms with Crippen molar-refractivity contribution in [3.05, 3.63) is 5.76 Å². The van der Waals surface area contributed by atoms with E-state index in [0.717, 1.165) is 0 Å². The number of ketones is 1. The quantitative estimate of drug-likeness (QED) is 0.137. The fourth-order valence-electron chi connectivity index (χ4n) is 6.79. The molecule has 0 aromatic carbocycles. The van der Waals surface area contributed by atoms with Gasteiger partial charge in [0.15, 0.2) is 23.6 Å². The van der Waals surface area contributed by atoms with Gasteiger partial charge in [-0.05, 0) is 44.9 Å². The van der Waals surface area contributed by atoms with Gasteiger partial charge in [0, 0.05) is 20.4 Å². The number of hydrogen-bond donors (Lipinski definition) is 6. The molecule has 8 atom stereocenters. The van der Waals surface area contributed by atoms with Gasteiger partial charge in [-0.25, -0.2) is 14.4 Å². The van der Waals surface area contributed by atoms with Crippen molar-refractivity contribution in [2.45, 2.75) is 140 Å². The molecule has 4 fully saturated rings. The van der Waals surface area contributed by atoms with Gasteiger partial charge >= 0.3 is 23.7 Å². The van der Waals surface area contributed by atoms with E-state index in [1.54, 1.807) is 19.8 Å². The summed E-state index contributed by atoms with van der Waals surface area (Å²) in [7, 11) is 0. The Morgan fingerprint density at radius 2 is 1.56 bits per heavy atom. The molecule has 0 unspecified atom stereocenters. The van der Waals surface area contributed by atoms with Gasteiger partial charge in [-0.2, -0.15) is 0 Å². The second kappa shape index (κ2) is 15.6. The Hall–Kier alpha value is -3.97. The molecule has 2 amide bonds. The zero-order valence-electron chi connectivity index (χ0n) is 30.5. The first-order valence-corrected chi connectivity index (χ1v) is 16.9. The highest BCUT2D eigenvalue weighted by Crippen LogP contribution is 2.58. The minimum Gasteiger partial charge on any atom is -0.481 e. The minimum atomic E-state index is -2.58. The second-order valence-electron chi connectivity index (χ2n) is 14.9. The van der Waals surface area contributed by atoms with Crippen molar-refractivity contribution in [2.24, 2.45) is 23.3 Å². The van der Waals surface area contributed by atoms with E-state index in [1.807, 2.05) is 13.8 Å². The van der Waals surface area contributed by atoms with Gasteiger partial charge in [0.2, 0.25) is 29.0 Å². The average Bonchev–Trinajstić information content (AvgIpc) is 3.67. The molecule has 19 heteroatoms. The molecule has 4 saturated heterocycles. The van der Waals surface area contributed by atoms with Crippen LogP contribution in [0.4, 0.5) is 0 Å². The number of carboxylic acid groups (broad SMARTS) is 3. The molecule has 292 valence electrons. The molecule has 0 radical (unpaired) electrons. The molecular weight excluding hydrogens is 692 g/mol. The first kappa shape index (κ1) is 42.4. The summed E-state index contributed by atoms with van der Waals surface area (Å²) >= 11 is 0. The first-order chi connectivity index (χ1) is 23.9. The summed E-state index contributed by atoms with van der Waals surface area (Å²) in [4.78, 5) is 85.1. The molecule has 0 saturated carbocycles.